The van der Waals surface area contributed by atoms with Gasteiger partial charge in [0, 0.05) is 37.3 Å². The van der Waals surface area contributed by atoms with Gasteiger partial charge in [-0.2, -0.15) is 5.10 Å². The summed E-state index contributed by atoms with van der Waals surface area (Å²) in [7, 11) is 0. The molecule has 142 valence electrons. The average molecular weight is 368 g/mol. The van der Waals surface area contributed by atoms with Crippen molar-refractivity contribution in [2.75, 3.05) is 18.4 Å². The van der Waals surface area contributed by atoms with Crippen molar-refractivity contribution in [2.45, 2.75) is 32.7 Å². The van der Waals surface area contributed by atoms with Gasteiger partial charge in [0.2, 0.25) is 5.91 Å². The predicted molar refractivity (Wildman–Crippen MR) is 102 cm³/mol. The molecule has 2 amide bonds. The molecule has 0 bridgehead atoms. The lowest BCUT2D eigenvalue weighted by molar-refractivity contribution is -0.121. The molecule has 0 aliphatic carbocycles. The second-order valence-electron chi connectivity index (χ2n) is 6.70. The van der Waals surface area contributed by atoms with Gasteiger partial charge in [0.25, 0.3) is 11.5 Å². The zero-order chi connectivity index (χ0) is 19.2. The first-order valence-electron chi connectivity index (χ1n) is 9.32. The molecule has 1 aromatic heterocycles. The Labute approximate surface area is 158 Å². The molecular formula is C20H24N4O3. The maximum Gasteiger partial charge on any atom is 0.274 e. The molecule has 0 unspecified atom stereocenters. The number of rotatable bonds is 5. The van der Waals surface area contributed by atoms with Crippen molar-refractivity contribution in [1.82, 2.24) is 14.7 Å². The van der Waals surface area contributed by atoms with E-state index in [-0.39, 0.29) is 29.0 Å². The largest absolute Gasteiger partial charge is 0.337 e. The smallest absolute Gasteiger partial charge is 0.274 e. The van der Waals surface area contributed by atoms with E-state index < -0.39 is 0 Å². The molecule has 7 heteroatoms. The average Bonchev–Trinajstić information content (AvgIpc) is 2.70. The Bertz CT molecular complexity index is 855. The fourth-order valence-electron chi connectivity index (χ4n) is 3.21. The lowest BCUT2D eigenvalue weighted by atomic mass is 9.95. The Morgan fingerprint density at radius 2 is 1.81 bits per heavy atom. The summed E-state index contributed by atoms with van der Waals surface area (Å²) in [5.74, 6) is -0.319. The van der Waals surface area contributed by atoms with Crippen LogP contribution in [0.1, 0.15) is 36.7 Å². The summed E-state index contributed by atoms with van der Waals surface area (Å²) in [5, 5.41) is 7.10. The number of aromatic nitrogens is 2. The van der Waals surface area contributed by atoms with Gasteiger partial charge < -0.3 is 10.2 Å². The Morgan fingerprint density at radius 3 is 2.48 bits per heavy atom. The van der Waals surface area contributed by atoms with E-state index >= 15 is 0 Å². The summed E-state index contributed by atoms with van der Waals surface area (Å²) in [6.45, 7) is 3.44. The molecule has 0 spiro atoms. The molecule has 27 heavy (non-hydrogen) atoms. The first-order chi connectivity index (χ1) is 13.1. The third-order valence-electron chi connectivity index (χ3n) is 4.72. The van der Waals surface area contributed by atoms with Gasteiger partial charge in [-0.05, 0) is 37.5 Å². The predicted octanol–water partition coefficient (Wildman–Crippen LogP) is 2.14. The highest BCUT2D eigenvalue weighted by atomic mass is 16.2. The van der Waals surface area contributed by atoms with E-state index in [9.17, 15) is 14.4 Å². The third-order valence-corrected chi connectivity index (χ3v) is 4.72. The zero-order valence-corrected chi connectivity index (χ0v) is 15.4. The number of carbonyl (C=O) groups is 2. The van der Waals surface area contributed by atoms with Gasteiger partial charge in [-0.3, -0.25) is 14.4 Å². The third kappa shape index (κ3) is 4.61. The molecule has 2 heterocycles. The van der Waals surface area contributed by atoms with Crippen LogP contribution in [0, 0.1) is 5.92 Å². The van der Waals surface area contributed by atoms with Gasteiger partial charge in [0.15, 0.2) is 0 Å². The second kappa shape index (κ2) is 8.62. The van der Waals surface area contributed by atoms with Crippen molar-refractivity contribution >= 4 is 17.5 Å². The molecule has 3 rings (SSSR count). The molecule has 1 aromatic carbocycles. The van der Waals surface area contributed by atoms with Crippen LogP contribution in [0.15, 0.2) is 47.3 Å². The van der Waals surface area contributed by atoms with Crippen molar-refractivity contribution in [1.29, 1.82) is 0 Å². The lowest BCUT2D eigenvalue weighted by Gasteiger charge is -2.31. The molecule has 1 aliphatic rings. The van der Waals surface area contributed by atoms with Gasteiger partial charge >= 0.3 is 0 Å². The SMILES string of the molecule is CCCn1nc(C(=O)N2CCC(C(=O)Nc3ccccc3)CC2)ccc1=O. The molecule has 1 aliphatic heterocycles. The summed E-state index contributed by atoms with van der Waals surface area (Å²) in [6, 6.07) is 12.2. The van der Waals surface area contributed by atoms with Crippen LogP contribution in [-0.4, -0.2) is 39.6 Å². The molecule has 1 fully saturated rings. The highest BCUT2D eigenvalue weighted by molar-refractivity contribution is 5.94. The number of anilines is 1. The number of likely N-dealkylation sites (tertiary alicyclic amines) is 1. The van der Waals surface area contributed by atoms with Gasteiger partial charge in [0.05, 0.1) is 0 Å². The highest BCUT2D eigenvalue weighted by Gasteiger charge is 2.28. The van der Waals surface area contributed by atoms with E-state index in [1.807, 2.05) is 37.3 Å². The van der Waals surface area contributed by atoms with E-state index in [1.165, 1.54) is 16.8 Å². The van der Waals surface area contributed by atoms with Gasteiger partial charge in [-0.15, -0.1) is 0 Å². The van der Waals surface area contributed by atoms with Crippen LogP contribution < -0.4 is 10.9 Å². The standard InChI is InChI=1S/C20H24N4O3/c1-2-12-24-18(25)9-8-17(22-24)20(27)23-13-10-15(11-14-23)19(26)21-16-6-4-3-5-7-16/h3-9,15H,2,10-14H2,1H3,(H,21,26). The number of aryl methyl sites for hydroxylation is 1. The Kier molecular flexibility index (Phi) is 6.01. The monoisotopic (exact) mass is 368 g/mol. The first kappa shape index (κ1) is 18.8. The topological polar surface area (TPSA) is 84.3 Å². The van der Waals surface area contributed by atoms with E-state index in [0.717, 1.165) is 12.1 Å². The molecule has 2 aromatic rings. The van der Waals surface area contributed by atoms with Crippen LogP contribution in [0.2, 0.25) is 0 Å². The number of hydrogen-bond acceptors (Lipinski definition) is 4. The van der Waals surface area contributed by atoms with E-state index in [4.69, 9.17) is 0 Å². The second-order valence-corrected chi connectivity index (χ2v) is 6.70. The van der Waals surface area contributed by atoms with E-state index in [1.54, 1.807) is 4.90 Å². The summed E-state index contributed by atoms with van der Waals surface area (Å²) in [4.78, 5) is 38.5. The number of nitrogens with one attached hydrogen (secondary N) is 1. The van der Waals surface area contributed by atoms with E-state index in [2.05, 4.69) is 10.4 Å². The number of para-hydroxylation sites is 1. The van der Waals surface area contributed by atoms with Crippen molar-refractivity contribution < 1.29 is 9.59 Å². The van der Waals surface area contributed by atoms with Crippen LogP contribution in [0.25, 0.3) is 0 Å². The number of piperidine rings is 1. The van der Waals surface area contributed by atoms with E-state index in [0.29, 0.717) is 32.5 Å². The molecular weight excluding hydrogens is 344 g/mol. The first-order valence-corrected chi connectivity index (χ1v) is 9.32. The minimum Gasteiger partial charge on any atom is -0.337 e. The fraction of sp³-hybridized carbons (Fsp3) is 0.400. The molecule has 0 atom stereocenters. The van der Waals surface area contributed by atoms with Crippen LogP contribution in [0.3, 0.4) is 0 Å². The van der Waals surface area contributed by atoms with Gasteiger partial charge in [0.1, 0.15) is 5.69 Å². The number of amides is 2. The fourth-order valence-corrected chi connectivity index (χ4v) is 3.21. The van der Waals surface area contributed by atoms with Crippen LogP contribution in [-0.2, 0) is 11.3 Å². The summed E-state index contributed by atoms with van der Waals surface area (Å²) in [5.41, 5.74) is 0.850. The number of benzene rings is 1. The van der Waals surface area contributed by atoms with Crippen molar-refractivity contribution in [3.8, 4) is 0 Å². The summed E-state index contributed by atoms with van der Waals surface area (Å²) >= 11 is 0. The minimum atomic E-state index is -0.204. The summed E-state index contributed by atoms with van der Waals surface area (Å²) in [6.07, 6.45) is 1.99. The van der Waals surface area contributed by atoms with Gasteiger partial charge in [-0.1, -0.05) is 25.1 Å². The summed E-state index contributed by atoms with van der Waals surface area (Å²) < 4.78 is 1.33. The Hall–Kier alpha value is -2.96. The number of nitrogens with zero attached hydrogens (tertiary/aromatic N) is 3. The van der Waals surface area contributed by atoms with Crippen LogP contribution in [0.5, 0.6) is 0 Å². The molecule has 1 N–H and O–H groups in total. The molecule has 1 saturated heterocycles. The number of carbonyl (C=O) groups excluding carboxylic acids is 2. The molecule has 0 radical (unpaired) electrons. The normalized spacial score (nSPS) is 14.8. The molecule has 0 saturated carbocycles. The quantitative estimate of drug-likeness (QED) is 0.876. The highest BCUT2D eigenvalue weighted by Crippen LogP contribution is 2.20. The van der Waals surface area contributed by atoms with Crippen molar-refractivity contribution in [3.05, 3.63) is 58.5 Å². The zero-order valence-electron chi connectivity index (χ0n) is 15.4. The van der Waals surface area contributed by atoms with Crippen LogP contribution >= 0.6 is 0 Å². The van der Waals surface area contributed by atoms with Gasteiger partial charge in [-0.25, -0.2) is 4.68 Å². The number of hydrogen-bond donors (Lipinski definition) is 1. The van der Waals surface area contributed by atoms with Crippen LogP contribution in [0.4, 0.5) is 5.69 Å². The Balaban J connectivity index is 1.58. The maximum absolute atomic E-state index is 12.7. The maximum atomic E-state index is 12.7. The minimum absolute atomic E-state index is 0.0112. The van der Waals surface area contributed by atoms with Crippen molar-refractivity contribution in [3.63, 3.8) is 0 Å². The van der Waals surface area contributed by atoms with Crippen molar-refractivity contribution in [2.24, 2.45) is 5.92 Å². The Morgan fingerprint density at radius 1 is 1.11 bits per heavy atom. The molecule has 7 nitrogen and oxygen atoms in total. The lowest BCUT2D eigenvalue weighted by Crippen LogP contribution is -2.42.